The van der Waals surface area contributed by atoms with Crippen molar-refractivity contribution in [1.82, 2.24) is 9.97 Å². The van der Waals surface area contributed by atoms with E-state index in [0.717, 1.165) is 6.07 Å². The van der Waals surface area contributed by atoms with E-state index >= 15 is 0 Å². The van der Waals surface area contributed by atoms with Gasteiger partial charge in [0.15, 0.2) is 0 Å². The first-order valence-electron chi connectivity index (χ1n) is 10.5. The summed E-state index contributed by atoms with van der Waals surface area (Å²) in [6.45, 7) is 3.15. The molecule has 0 saturated carbocycles. The van der Waals surface area contributed by atoms with Gasteiger partial charge in [0.1, 0.15) is 23.9 Å². The van der Waals surface area contributed by atoms with Gasteiger partial charge in [-0.2, -0.15) is 13.2 Å². The first-order valence-corrected chi connectivity index (χ1v) is 10.5. The highest BCUT2D eigenvalue weighted by Gasteiger charge is 2.32. The highest BCUT2D eigenvalue weighted by Crippen LogP contribution is 2.33. The number of nitrogens with two attached hydrogens (primary N) is 1. The van der Waals surface area contributed by atoms with Crippen molar-refractivity contribution in [2.45, 2.75) is 32.5 Å². The van der Waals surface area contributed by atoms with Gasteiger partial charge in [-0.3, -0.25) is 4.79 Å². The predicted molar refractivity (Wildman–Crippen MR) is 124 cm³/mol. The van der Waals surface area contributed by atoms with Crippen LogP contribution in [0.2, 0.25) is 0 Å². The van der Waals surface area contributed by atoms with Gasteiger partial charge in [-0.05, 0) is 55.3 Å². The first kappa shape index (κ1) is 25.3. The van der Waals surface area contributed by atoms with Crippen molar-refractivity contribution in [3.05, 3.63) is 66.0 Å². The Morgan fingerprint density at radius 1 is 1.03 bits per heavy atom. The highest BCUT2D eigenvalue weighted by molar-refractivity contribution is 5.99. The van der Waals surface area contributed by atoms with Gasteiger partial charge in [0.25, 0.3) is 0 Å². The van der Waals surface area contributed by atoms with Crippen LogP contribution in [0.25, 0.3) is 0 Å². The van der Waals surface area contributed by atoms with Crippen LogP contribution in [0.5, 0.6) is 11.6 Å². The Kier molecular flexibility index (Phi) is 7.74. The smallest absolute Gasteiger partial charge is 0.416 e. The van der Waals surface area contributed by atoms with Gasteiger partial charge in [-0.25, -0.2) is 14.8 Å². The number of primary amides is 1. The molecule has 1 heterocycles. The van der Waals surface area contributed by atoms with Gasteiger partial charge in [-0.1, -0.05) is 13.0 Å². The van der Waals surface area contributed by atoms with E-state index in [1.54, 1.807) is 31.2 Å². The van der Waals surface area contributed by atoms with E-state index in [9.17, 15) is 22.8 Å². The fourth-order valence-electron chi connectivity index (χ4n) is 3.05. The molecular formula is C23H23F3N6O3. The Morgan fingerprint density at radius 3 is 2.31 bits per heavy atom. The topological polar surface area (TPSA) is 131 Å². The molecule has 9 nitrogen and oxygen atoms in total. The van der Waals surface area contributed by atoms with Gasteiger partial charge in [-0.15, -0.1) is 0 Å². The van der Waals surface area contributed by atoms with Crippen LogP contribution in [-0.4, -0.2) is 27.9 Å². The summed E-state index contributed by atoms with van der Waals surface area (Å²) >= 11 is 0. The van der Waals surface area contributed by atoms with Crippen LogP contribution in [0.15, 0.2) is 54.9 Å². The number of urea groups is 1. The molecule has 0 aliphatic heterocycles. The normalized spacial score (nSPS) is 11.9. The van der Waals surface area contributed by atoms with E-state index in [1.807, 2.05) is 0 Å². The standard InChI is InChI=1S/C23H23F3N6O3/c1-3-18(21(27)33)32-19-11-20(29-12-28-19)35-16-8-6-14(7-9-16)30-22(34)31-15-5-4-13(2)17(10-15)23(24,25)26/h4-12,18H,3H2,1-2H3,(H2,27,33)(H,28,29,32)(H2,30,31,34)/t18-/m1/s1. The second-order valence-electron chi connectivity index (χ2n) is 7.48. The lowest BCUT2D eigenvalue weighted by atomic mass is 10.1. The zero-order valence-corrected chi connectivity index (χ0v) is 18.8. The molecule has 35 heavy (non-hydrogen) atoms. The molecule has 0 saturated heterocycles. The Balaban J connectivity index is 1.60. The summed E-state index contributed by atoms with van der Waals surface area (Å²) in [5, 5.41) is 7.81. The molecule has 0 unspecified atom stereocenters. The minimum atomic E-state index is -4.52. The minimum absolute atomic E-state index is 0.00945. The number of aryl methyl sites for hydroxylation is 1. The molecule has 5 N–H and O–H groups in total. The highest BCUT2D eigenvalue weighted by atomic mass is 19.4. The van der Waals surface area contributed by atoms with Gasteiger partial charge < -0.3 is 26.4 Å². The Morgan fingerprint density at radius 2 is 1.69 bits per heavy atom. The zero-order chi connectivity index (χ0) is 25.6. The molecular weight excluding hydrogens is 465 g/mol. The van der Waals surface area contributed by atoms with Crippen molar-refractivity contribution in [1.29, 1.82) is 0 Å². The van der Waals surface area contributed by atoms with E-state index < -0.39 is 29.7 Å². The van der Waals surface area contributed by atoms with Crippen LogP contribution in [-0.2, 0) is 11.0 Å². The van der Waals surface area contributed by atoms with Crippen molar-refractivity contribution >= 4 is 29.1 Å². The van der Waals surface area contributed by atoms with Crippen molar-refractivity contribution in [2.24, 2.45) is 5.73 Å². The molecule has 184 valence electrons. The van der Waals surface area contributed by atoms with Crippen LogP contribution in [0.1, 0.15) is 24.5 Å². The first-order chi connectivity index (χ1) is 16.5. The molecule has 1 aromatic heterocycles. The number of nitrogens with one attached hydrogen (secondary N) is 3. The van der Waals surface area contributed by atoms with Crippen LogP contribution < -0.4 is 26.4 Å². The number of benzene rings is 2. The van der Waals surface area contributed by atoms with Crippen molar-refractivity contribution in [3.8, 4) is 11.6 Å². The van der Waals surface area contributed by atoms with E-state index in [-0.39, 0.29) is 17.1 Å². The molecule has 3 rings (SSSR count). The molecule has 3 aromatic rings. The third kappa shape index (κ3) is 7.06. The molecule has 0 spiro atoms. The molecule has 0 fully saturated rings. The van der Waals surface area contributed by atoms with E-state index in [2.05, 4.69) is 25.9 Å². The summed E-state index contributed by atoms with van der Waals surface area (Å²) in [7, 11) is 0. The average molecular weight is 488 g/mol. The number of amides is 3. The van der Waals surface area contributed by atoms with Crippen LogP contribution in [0, 0.1) is 6.92 Å². The number of hydrogen-bond donors (Lipinski definition) is 4. The Labute approximate surface area is 198 Å². The van der Waals surface area contributed by atoms with E-state index in [4.69, 9.17) is 10.5 Å². The van der Waals surface area contributed by atoms with Crippen molar-refractivity contribution in [2.75, 3.05) is 16.0 Å². The third-order valence-electron chi connectivity index (χ3n) is 4.85. The second kappa shape index (κ2) is 10.7. The summed E-state index contributed by atoms with van der Waals surface area (Å²) in [6.07, 6.45) is -2.78. The number of aromatic nitrogens is 2. The van der Waals surface area contributed by atoms with Gasteiger partial charge in [0.05, 0.1) is 5.56 Å². The number of nitrogens with zero attached hydrogens (tertiary/aromatic N) is 2. The summed E-state index contributed by atoms with van der Waals surface area (Å²) in [6, 6.07) is 9.99. The van der Waals surface area contributed by atoms with Gasteiger partial charge >= 0.3 is 12.2 Å². The molecule has 0 bridgehead atoms. The van der Waals surface area contributed by atoms with Crippen LogP contribution in [0.3, 0.4) is 0 Å². The van der Waals surface area contributed by atoms with Crippen molar-refractivity contribution in [3.63, 3.8) is 0 Å². The quantitative estimate of drug-likeness (QED) is 0.356. The van der Waals surface area contributed by atoms with Crippen LogP contribution in [0.4, 0.5) is 35.2 Å². The minimum Gasteiger partial charge on any atom is -0.439 e. The molecule has 1 atom stereocenters. The number of ether oxygens (including phenoxy) is 1. The number of halogens is 3. The second-order valence-corrected chi connectivity index (χ2v) is 7.48. The number of alkyl halides is 3. The third-order valence-corrected chi connectivity index (χ3v) is 4.85. The van der Waals surface area contributed by atoms with Crippen molar-refractivity contribution < 1.29 is 27.5 Å². The Bertz CT molecular complexity index is 1200. The van der Waals surface area contributed by atoms with Crippen LogP contribution >= 0.6 is 0 Å². The number of hydrogen-bond acceptors (Lipinski definition) is 6. The molecule has 2 aromatic carbocycles. The maximum atomic E-state index is 13.1. The summed E-state index contributed by atoms with van der Waals surface area (Å²) < 4.78 is 44.9. The zero-order valence-electron chi connectivity index (χ0n) is 18.8. The summed E-state index contributed by atoms with van der Waals surface area (Å²) in [4.78, 5) is 31.6. The predicted octanol–water partition coefficient (Wildman–Crippen LogP) is 4.92. The van der Waals surface area contributed by atoms with Gasteiger partial charge in [0, 0.05) is 17.4 Å². The maximum absolute atomic E-state index is 13.1. The molecule has 12 heteroatoms. The lowest BCUT2D eigenvalue weighted by Crippen LogP contribution is -2.35. The SMILES string of the molecule is CC[C@@H](Nc1cc(Oc2ccc(NC(=O)Nc3ccc(C)c(C(F)(F)F)c3)cc2)ncn1)C(N)=O. The fourth-order valence-corrected chi connectivity index (χ4v) is 3.05. The number of anilines is 3. The van der Waals surface area contributed by atoms with Gasteiger partial charge in [0.2, 0.25) is 11.8 Å². The average Bonchev–Trinajstić information content (AvgIpc) is 2.79. The largest absolute Gasteiger partial charge is 0.439 e. The number of rotatable bonds is 8. The monoisotopic (exact) mass is 488 g/mol. The summed E-state index contributed by atoms with van der Waals surface area (Å²) in [5.41, 5.74) is 4.96. The number of carbonyl (C=O) groups excluding carboxylic acids is 2. The maximum Gasteiger partial charge on any atom is 0.416 e. The molecule has 0 aliphatic carbocycles. The number of carbonyl (C=O) groups is 2. The lowest BCUT2D eigenvalue weighted by molar-refractivity contribution is -0.138. The summed E-state index contributed by atoms with van der Waals surface area (Å²) in [5.74, 6) is 0.459. The molecule has 3 amide bonds. The molecule has 0 aliphatic rings. The lowest BCUT2D eigenvalue weighted by Gasteiger charge is -2.14. The van der Waals surface area contributed by atoms with E-state index in [1.165, 1.54) is 31.5 Å². The fraction of sp³-hybridized carbons (Fsp3) is 0.217. The Hall–Kier alpha value is -4.35. The van der Waals surface area contributed by atoms with E-state index in [0.29, 0.717) is 23.7 Å². The molecule has 0 radical (unpaired) electrons.